The maximum Gasteiger partial charge on any atom is 0.346 e. The van der Waals surface area contributed by atoms with Gasteiger partial charge in [0.1, 0.15) is 11.5 Å². The van der Waals surface area contributed by atoms with E-state index < -0.39 is 11.6 Å². The SMILES string of the molecule is CC1(c2cc(C(=O)Nc3cnc(=O)[nH]c3N)n[nH]2)CC1. The van der Waals surface area contributed by atoms with Gasteiger partial charge in [-0.05, 0) is 18.9 Å². The van der Waals surface area contributed by atoms with Crippen molar-refractivity contribution in [3.05, 3.63) is 34.1 Å². The Bertz CT molecular complexity index is 728. The molecule has 1 fully saturated rings. The monoisotopic (exact) mass is 274 g/mol. The number of hydrogen-bond acceptors (Lipinski definition) is 5. The molecule has 1 aliphatic rings. The van der Waals surface area contributed by atoms with Crippen LogP contribution in [0.4, 0.5) is 11.5 Å². The number of rotatable bonds is 3. The summed E-state index contributed by atoms with van der Waals surface area (Å²) in [4.78, 5) is 28.8. The third-order valence-corrected chi connectivity index (χ3v) is 3.55. The van der Waals surface area contributed by atoms with Crippen LogP contribution in [-0.2, 0) is 5.41 Å². The van der Waals surface area contributed by atoms with Crippen LogP contribution >= 0.6 is 0 Å². The van der Waals surface area contributed by atoms with Gasteiger partial charge in [0.05, 0.1) is 6.20 Å². The minimum Gasteiger partial charge on any atom is -0.383 e. The van der Waals surface area contributed by atoms with Crippen molar-refractivity contribution in [3.8, 4) is 0 Å². The van der Waals surface area contributed by atoms with Gasteiger partial charge in [0, 0.05) is 11.1 Å². The van der Waals surface area contributed by atoms with Crippen LogP contribution in [0.5, 0.6) is 0 Å². The van der Waals surface area contributed by atoms with Crippen molar-refractivity contribution in [1.29, 1.82) is 0 Å². The van der Waals surface area contributed by atoms with E-state index in [1.165, 1.54) is 6.20 Å². The maximum atomic E-state index is 12.0. The predicted octanol–water partition coefficient (Wildman–Crippen LogP) is 0.379. The molecule has 1 aliphatic carbocycles. The normalized spacial score (nSPS) is 15.8. The van der Waals surface area contributed by atoms with Crippen LogP contribution in [0.15, 0.2) is 17.1 Å². The second-order valence-corrected chi connectivity index (χ2v) is 5.20. The van der Waals surface area contributed by atoms with E-state index in [0.717, 1.165) is 18.5 Å². The summed E-state index contributed by atoms with van der Waals surface area (Å²) >= 11 is 0. The molecule has 3 rings (SSSR count). The van der Waals surface area contributed by atoms with E-state index in [4.69, 9.17) is 5.73 Å². The van der Waals surface area contributed by atoms with E-state index >= 15 is 0 Å². The van der Waals surface area contributed by atoms with Gasteiger partial charge in [-0.2, -0.15) is 10.1 Å². The highest BCUT2D eigenvalue weighted by Crippen LogP contribution is 2.46. The molecule has 1 saturated carbocycles. The predicted molar refractivity (Wildman–Crippen MR) is 72.4 cm³/mol. The molecule has 0 unspecified atom stereocenters. The number of aromatic nitrogens is 4. The number of anilines is 2. The maximum absolute atomic E-state index is 12.0. The van der Waals surface area contributed by atoms with Gasteiger partial charge in [0.25, 0.3) is 5.91 Å². The molecule has 2 heterocycles. The minimum absolute atomic E-state index is 0.0586. The highest BCUT2D eigenvalue weighted by molar-refractivity contribution is 6.04. The van der Waals surface area contributed by atoms with Gasteiger partial charge < -0.3 is 11.1 Å². The molecular formula is C12H14N6O2. The molecule has 8 nitrogen and oxygen atoms in total. The Morgan fingerprint density at radius 1 is 1.50 bits per heavy atom. The summed E-state index contributed by atoms with van der Waals surface area (Å²) in [5.74, 6) is -0.347. The van der Waals surface area contributed by atoms with Gasteiger partial charge in [0.15, 0.2) is 5.69 Å². The van der Waals surface area contributed by atoms with E-state index in [9.17, 15) is 9.59 Å². The van der Waals surface area contributed by atoms with Crippen molar-refractivity contribution in [1.82, 2.24) is 20.2 Å². The van der Waals surface area contributed by atoms with E-state index in [2.05, 4.69) is 32.4 Å². The van der Waals surface area contributed by atoms with Crippen molar-refractivity contribution in [2.24, 2.45) is 0 Å². The Labute approximate surface area is 113 Å². The third-order valence-electron chi connectivity index (χ3n) is 3.55. The first kappa shape index (κ1) is 12.4. The van der Waals surface area contributed by atoms with Crippen molar-refractivity contribution in [2.45, 2.75) is 25.2 Å². The lowest BCUT2D eigenvalue weighted by molar-refractivity contribution is 0.102. The molecule has 0 aromatic carbocycles. The van der Waals surface area contributed by atoms with Gasteiger partial charge in [-0.1, -0.05) is 6.92 Å². The molecule has 20 heavy (non-hydrogen) atoms. The van der Waals surface area contributed by atoms with Crippen molar-refractivity contribution in [3.63, 3.8) is 0 Å². The average molecular weight is 274 g/mol. The standard InChI is InChI=1S/C12H14N6O2/c1-12(2-3-12)8-4-6(17-18-8)10(19)15-7-5-14-11(20)16-9(7)13/h4-5H,2-3H2,1H3,(H,15,19)(H,17,18)(H3,13,14,16,20). The molecule has 0 bridgehead atoms. The summed E-state index contributed by atoms with van der Waals surface area (Å²) < 4.78 is 0. The summed E-state index contributed by atoms with van der Waals surface area (Å²) in [5.41, 5.74) is 6.62. The quantitative estimate of drug-likeness (QED) is 0.643. The van der Waals surface area contributed by atoms with Crippen LogP contribution in [0.25, 0.3) is 0 Å². The molecular weight excluding hydrogens is 260 g/mol. The summed E-state index contributed by atoms with van der Waals surface area (Å²) in [5, 5.41) is 9.44. The zero-order valence-corrected chi connectivity index (χ0v) is 10.9. The van der Waals surface area contributed by atoms with Gasteiger partial charge >= 0.3 is 5.69 Å². The highest BCUT2D eigenvalue weighted by atomic mass is 16.2. The fourth-order valence-corrected chi connectivity index (χ4v) is 1.90. The second kappa shape index (κ2) is 4.19. The van der Waals surface area contributed by atoms with Crippen LogP contribution in [0, 0.1) is 0 Å². The fraction of sp³-hybridized carbons (Fsp3) is 0.333. The van der Waals surface area contributed by atoms with Crippen LogP contribution < -0.4 is 16.7 Å². The molecule has 0 saturated heterocycles. The number of carbonyl (C=O) groups excluding carboxylic acids is 1. The van der Waals surface area contributed by atoms with Crippen LogP contribution in [0.1, 0.15) is 35.9 Å². The molecule has 0 radical (unpaired) electrons. The Morgan fingerprint density at radius 3 is 2.90 bits per heavy atom. The fourth-order valence-electron chi connectivity index (χ4n) is 1.90. The van der Waals surface area contributed by atoms with Crippen LogP contribution in [0.3, 0.4) is 0 Å². The number of H-pyrrole nitrogens is 2. The largest absolute Gasteiger partial charge is 0.383 e. The first-order valence-electron chi connectivity index (χ1n) is 6.20. The lowest BCUT2D eigenvalue weighted by Gasteiger charge is -2.04. The number of nitrogens with zero attached hydrogens (tertiary/aromatic N) is 2. The molecule has 0 atom stereocenters. The lowest BCUT2D eigenvalue weighted by atomic mass is 10.1. The average Bonchev–Trinajstić information content (AvgIpc) is 2.96. The number of hydrogen-bond donors (Lipinski definition) is 4. The number of nitrogen functional groups attached to an aromatic ring is 1. The number of amides is 1. The van der Waals surface area contributed by atoms with E-state index in [1.54, 1.807) is 6.07 Å². The summed E-state index contributed by atoms with van der Waals surface area (Å²) in [6, 6.07) is 1.73. The van der Waals surface area contributed by atoms with Gasteiger partial charge in [-0.15, -0.1) is 0 Å². The summed E-state index contributed by atoms with van der Waals surface area (Å²) in [7, 11) is 0. The summed E-state index contributed by atoms with van der Waals surface area (Å²) in [6.45, 7) is 2.12. The molecule has 8 heteroatoms. The molecule has 1 amide bonds. The molecule has 5 N–H and O–H groups in total. The third kappa shape index (κ3) is 2.15. The van der Waals surface area contributed by atoms with Crippen LogP contribution in [0.2, 0.25) is 0 Å². The van der Waals surface area contributed by atoms with E-state index in [0.29, 0.717) is 0 Å². The molecule has 0 aliphatic heterocycles. The number of nitrogens with one attached hydrogen (secondary N) is 3. The van der Waals surface area contributed by atoms with Gasteiger partial charge in [-0.3, -0.25) is 14.9 Å². The first-order valence-corrected chi connectivity index (χ1v) is 6.20. The van der Waals surface area contributed by atoms with Crippen molar-refractivity contribution >= 4 is 17.4 Å². The van der Waals surface area contributed by atoms with Crippen molar-refractivity contribution < 1.29 is 4.79 Å². The van der Waals surface area contributed by atoms with Gasteiger partial charge in [0.2, 0.25) is 0 Å². The second-order valence-electron chi connectivity index (χ2n) is 5.20. The lowest BCUT2D eigenvalue weighted by Crippen LogP contribution is -2.18. The molecule has 104 valence electrons. The van der Waals surface area contributed by atoms with Crippen molar-refractivity contribution in [2.75, 3.05) is 11.1 Å². The molecule has 2 aromatic rings. The van der Waals surface area contributed by atoms with E-state index in [-0.39, 0.29) is 22.6 Å². The molecule has 0 spiro atoms. The smallest absolute Gasteiger partial charge is 0.346 e. The number of aromatic amines is 2. The first-order chi connectivity index (χ1) is 9.48. The Balaban J connectivity index is 1.79. The zero-order valence-electron chi connectivity index (χ0n) is 10.9. The topological polar surface area (TPSA) is 130 Å². The minimum atomic E-state index is -0.566. The zero-order chi connectivity index (χ0) is 14.3. The molecule has 2 aromatic heterocycles. The van der Waals surface area contributed by atoms with Crippen LogP contribution in [-0.4, -0.2) is 26.1 Å². The van der Waals surface area contributed by atoms with Gasteiger partial charge in [-0.25, -0.2) is 4.79 Å². The Morgan fingerprint density at radius 2 is 2.25 bits per heavy atom. The Hall–Kier alpha value is -2.64. The Kier molecular flexibility index (Phi) is 2.60. The number of nitrogens with two attached hydrogens (primary N) is 1. The van der Waals surface area contributed by atoms with E-state index in [1.807, 2.05) is 0 Å². The number of carbonyl (C=O) groups is 1. The highest BCUT2D eigenvalue weighted by Gasteiger charge is 2.41. The summed E-state index contributed by atoms with van der Waals surface area (Å²) in [6.07, 6.45) is 3.39.